The Morgan fingerprint density at radius 2 is 2.42 bits per heavy atom. The minimum atomic E-state index is 0.220. The lowest BCUT2D eigenvalue weighted by molar-refractivity contribution is 0.495. The van der Waals surface area contributed by atoms with Gasteiger partial charge in [0.1, 0.15) is 5.01 Å². The van der Waals surface area contributed by atoms with Gasteiger partial charge >= 0.3 is 0 Å². The van der Waals surface area contributed by atoms with Crippen LogP contribution in [0.5, 0.6) is 0 Å². The third kappa shape index (κ3) is 2.13. The Morgan fingerprint density at radius 3 is 3.11 bits per heavy atom. The number of nitrogens with zero attached hydrogens (tertiary/aromatic N) is 2. The molecule has 0 fully saturated rings. The van der Waals surface area contributed by atoms with Crippen LogP contribution in [0.25, 0.3) is 0 Å². The van der Waals surface area contributed by atoms with E-state index in [0.717, 1.165) is 19.3 Å². The van der Waals surface area contributed by atoms with Crippen LogP contribution < -0.4 is 5.73 Å². The van der Waals surface area contributed by atoms with Gasteiger partial charge in [-0.3, -0.25) is 0 Å². The molecule has 2 atom stereocenters. The first-order valence-electron chi connectivity index (χ1n) is 7.08. The Bertz CT molecular complexity index is 556. The van der Waals surface area contributed by atoms with Crippen molar-refractivity contribution >= 4 is 11.3 Å². The molecule has 0 saturated heterocycles. The Kier molecular flexibility index (Phi) is 3.46. The molecule has 0 spiro atoms. The molecule has 0 saturated carbocycles. The Labute approximate surface area is 118 Å². The second kappa shape index (κ2) is 5.10. The zero-order chi connectivity index (χ0) is 13.4. The van der Waals surface area contributed by atoms with Gasteiger partial charge in [-0.05, 0) is 44.2 Å². The van der Waals surface area contributed by atoms with Gasteiger partial charge in [-0.15, -0.1) is 11.3 Å². The molecule has 3 nitrogen and oxygen atoms in total. The quantitative estimate of drug-likeness (QED) is 0.930. The average Bonchev–Trinajstić information content (AvgIpc) is 3.01. The van der Waals surface area contributed by atoms with Gasteiger partial charge in [0, 0.05) is 29.0 Å². The third-order valence-corrected chi connectivity index (χ3v) is 5.01. The lowest BCUT2D eigenvalue weighted by Gasteiger charge is -2.25. The van der Waals surface area contributed by atoms with E-state index >= 15 is 0 Å². The molecule has 0 radical (unpaired) electrons. The van der Waals surface area contributed by atoms with Crippen LogP contribution in [-0.2, 0) is 6.42 Å². The predicted molar refractivity (Wildman–Crippen MR) is 79.6 cm³/mol. The monoisotopic (exact) mass is 275 g/mol. The fraction of sp³-hybridized carbons (Fsp3) is 0.533. The van der Waals surface area contributed by atoms with Crippen LogP contribution in [-0.4, -0.2) is 9.55 Å². The van der Waals surface area contributed by atoms with E-state index in [9.17, 15) is 0 Å². The Morgan fingerprint density at radius 1 is 1.58 bits per heavy atom. The number of thiazole rings is 1. The van der Waals surface area contributed by atoms with Crippen LogP contribution in [0.4, 0.5) is 0 Å². The zero-order valence-corrected chi connectivity index (χ0v) is 12.4. The number of aryl methyl sites for hydroxylation is 1. The molecule has 2 N–H and O–H groups in total. The molecule has 0 aromatic carbocycles. The second-order valence-corrected chi connectivity index (χ2v) is 6.28. The highest BCUT2D eigenvalue weighted by Gasteiger charge is 2.26. The van der Waals surface area contributed by atoms with Gasteiger partial charge in [0.05, 0.1) is 6.04 Å². The number of hydrogen-bond acceptors (Lipinski definition) is 3. The summed E-state index contributed by atoms with van der Waals surface area (Å²) in [6.07, 6.45) is 6.44. The van der Waals surface area contributed by atoms with Crippen LogP contribution in [0, 0.1) is 6.92 Å². The van der Waals surface area contributed by atoms with E-state index in [2.05, 4.69) is 34.8 Å². The van der Waals surface area contributed by atoms with E-state index in [0.29, 0.717) is 6.04 Å². The highest BCUT2D eigenvalue weighted by molar-refractivity contribution is 7.09. The van der Waals surface area contributed by atoms with Crippen molar-refractivity contribution in [1.29, 1.82) is 0 Å². The summed E-state index contributed by atoms with van der Waals surface area (Å²) in [5.74, 6) is 0. The van der Waals surface area contributed by atoms with Crippen LogP contribution >= 0.6 is 11.3 Å². The summed E-state index contributed by atoms with van der Waals surface area (Å²) in [6, 6.07) is 2.88. The fourth-order valence-corrected chi connectivity index (χ4v) is 4.07. The first-order chi connectivity index (χ1) is 9.22. The lowest BCUT2D eigenvalue weighted by Crippen LogP contribution is -2.20. The standard InChI is InChI=1S/C15H21N3S/c1-3-13(15-17-7-8-19-15)18-10(2)9-11-12(16)5-4-6-14(11)18/h7-9,12-13H,3-6,16H2,1-2H3. The van der Waals surface area contributed by atoms with Crippen molar-refractivity contribution in [3.63, 3.8) is 0 Å². The van der Waals surface area contributed by atoms with Gasteiger partial charge < -0.3 is 10.3 Å². The lowest BCUT2D eigenvalue weighted by atomic mass is 9.93. The molecule has 19 heavy (non-hydrogen) atoms. The van der Waals surface area contributed by atoms with Crippen molar-refractivity contribution in [3.8, 4) is 0 Å². The number of aromatic nitrogens is 2. The topological polar surface area (TPSA) is 43.8 Å². The van der Waals surface area contributed by atoms with E-state index in [1.165, 1.54) is 28.4 Å². The molecule has 1 aliphatic rings. The molecular formula is C15H21N3S. The molecule has 2 heterocycles. The van der Waals surface area contributed by atoms with Gasteiger partial charge in [0.25, 0.3) is 0 Å². The summed E-state index contributed by atoms with van der Waals surface area (Å²) in [7, 11) is 0. The average molecular weight is 275 g/mol. The van der Waals surface area contributed by atoms with E-state index in [-0.39, 0.29) is 6.04 Å². The first-order valence-corrected chi connectivity index (χ1v) is 7.96. The largest absolute Gasteiger partial charge is 0.339 e. The molecular weight excluding hydrogens is 254 g/mol. The number of nitrogens with two attached hydrogens (primary N) is 1. The van der Waals surface area contributed by atoms with Crippen LogP contribution in [0.1, 0.15) is 60.2 Å². The molecule has 0 bridgehead atoms. The highest BCUT2D eigenvalue weighted by atomic mass is 32.1. The molecule has 0 aliphatic heterocycles. The maximum atomic E-state index is 6.26. The number of fused-ring (bicyclic) bond motifs is 1. The summed E-state index contributed by atoms with van der Waals surface area (Å²) >= 11 is 1.75. The summed E-state index contributed by atoms with van der Waals surface area (Å²) in [5, 5.41) is 3.28. The van der Waals surface area contributed by atoms with Gasteiger partial charge in [0.15, 0.2) is 0 Å². The smallest absolute Gasteiger partial charge is 0.115 e. The minimum absolute atomic E-state index is 0.220. The van der Waals surface area contributed by atoms with Gasteiger partial charge in [0.2, 0.25) is 0 Å². The van der Waals surface area contributed by atoms with Crippen LogP contribution in [0.15, 0.2) is 17.6 Å². The maximum absolute atomic E-state index is 6.26. The van der Waals surface area contributed by atoms with Crippen LogP contribution in [0.3, 0.4) is 0 Å². The second-order valence-electron chi connectivity index (χ2n) is 5.35. The van der Waals surface area contributed by atoms with E-state index in [1.54, 1.807) is 11.3 Å². The number of hydrogen-bond donors (Lipinski definition) is 1. The van der Waals surface area contributed by atoms with Crippen molar-refractivity contribution in [3.05, 3.63) is 39.6 Å². The molecule has 102 valence electrons. The van der Waals surface area contributed by atoms with Crippen molar-refractivity contribution in [1.82, 2.24) is 9.55 Å². The molecule has 4 heteroatoms. The van der Waals surface area contributed by atoms with Crippen LogP contribution in [0.2, 0.25) is 0 Å². The van der Waals surface area contributed by atoms with Crippen molar-refractivity contribution in [2.45, 2.75) is 51.6 Å². The Balaban J connectivity index is 2.09. The van der Waals surface area contributed by atoms with E-state index in [4.69, 9.17) is 5.73 Å². The summed E-state index contributed by atoms with van der Waals surface area (Å²) in [4.78, 5) is 4.52. The van der Waals surface area contributed by atoms with Gasteiger partial charge in [-0.25, -0.2) is 4.98 Å². The van der Waals surface area contributed by atoms with E-state index < -0.39 is 0 Å². The fourth-order valence-electron chi connectivity index (χ4n) is 3.26. The summed E-state index contributed by atoms with van der Waals surface area (Å²) in [5.41, 5.74) is 10.4. The molecule has 1 aliphatic carbocycles. The zero-order valence-electron chi connectivity index (χ0n) is 11.6. The van der Waals surface area contributed by atoms with Crippen molar-refractivity contribution < 1.29 is 0 Å². The van der Waals surface area contributed by atoms with Crippen molar-refractivity contribution in [2.75, 3.05) is 0 Å². The first kappa shape index (κ1) is 12.9. The molecule has 2 unspecified atom stereocenters. The SMILES string of the molecule is CCC(c1nccs1)n1c(C)cc2c1CCCC2N. The van der Waals surface area contributed by atoms with E-state index in [1.807, 2.05) is 6.20 Å². The molecule has 0 amide bonds. The van der Waals surface area contributed by atoms with Crippen molar-refractivity contribution in [2.24, 2.45) is 5.73 Å². The number of rotatable bonds is 3. The normalized spacial score (nSPS) is 20.3. The third-order valence-electron chi connectivity index (χ3n) is 4.13. The highest BCUT2D eigenvalue weighted by Crippen LogP contribution is 2.36. The summed E-state index contributed by atoms with van der Waals surface area (Å²) < 4.78 is 2.48. The Hall–Kier alpha value is -1.13. The van der Waals surface area contributed by atoms with Gasteiger partial charge in [-0.2, -0.15) is 0 Å². The minimum Gasteiger partial charge on any atom is -0.339 e. The molecule has 2 aromatic heterocycles. The maximum Gasteiger partial charge on any atom is 0.115 e. The summed E-state index contributed by atoms with van der Waals surface area (Å²) in [6.45, 7) is 4.43. The molecule has 3 rings (SSSR count). The predicted octanol–water partition coefficient (Wildman–Crippen LogP) is 3.59. The van der Waals surface area contributed by atoms with Gasteiger partial charge in [-0.1, -0.05) is 6.92 Å². The molecule has 2 aromatic rings.